The highest BCUT2D eigenvalue weighted by atomic mass is 35.5. The molecule has 0 amide bonds. The van der Waals surface area contributed by atoms with Crippen LogP contribution in [-0.2, 0) is 9.53 Å². The third-order valence-corrected chi connectivity index (χ3v) is 3.77. The van der Waals surface area contributed by atoms with Gasteiger partial charge in [-0.2, -0.15) is 0 Å². The minimum Gasteiger partial charge on any atom is -0.507 e. The molecule has 0 spiro atoms. The number of halogens is 1. The molecule has 1 saturated heterocycles. The standard InChI is InChI=1S/C16H19ClO3/c1-16(2)10-12(7-8-20-16)15(19)9-14(18)11-3-5-13(17)6-4-11/h3-6,9,12,18H,7-8,10H2,1-2H3. The molecule has 1 heterocycles. The fourth-order valence-electron chi connectivity index (χ4n) is 2.43. The van der Waals surface area contributed by atoms with Crippen molar-refractivity contribution in [2.75, 3.05) is 6.61 Å². The number of carbonyl (C=O) groups excluding carboxylic acids is 1. The molecule has 4 heteroatoms. The van der Waals surface area contributed by atoms with E-state index in [2.05, 4.69) is 0 Å². The molecule has 1 aromatic carbocycles. The summed E-state index contributed by atoms with van der Waals surface area (Å²) in [4.78, 5) is 12.2. The Hall–Kier alpha value is -1.32. The zero-order valence-electron chi connectivity index (χ0n) is 11.7. The lowest BCUT2D eigenvalue weighted by Gasteiger charge is -2.34. The number of allylic oxidation sites excluding steroid dienone is 1. The van der Waals surface area contributed by atoms with E-state index in [-0.39, 0.29) is 23.1 Å². The fourth-order valence-corrected chi connectivity index (χ4v) is 2.56. The molecule has 1 fully saturated rings. The van der Waals surface area contributed by atoms with Gasteiger partial charge >= 0.3 is 0 Å². The van der Waals surface area contributed by atoms with E-state index in [0.717, 1.165) is 0 Å². The Kier molecular flexibility index (Phi) is 4.51. The third kappa shape index (κ3) is 3.84. The maximum atomic E-state index is 12.2. The zero-order chi connectivity index (χ0) is 14.8. The number of rotatable bonds is 3. The van der Waals surface area contributed by atoms with Crippen molar-refractivity contribution < 1.29 is 14.6 Å². The van der Waals surface area contributed by atoms with Crippen LogP contribution in [0.15, 0.2) is 30.3 Å². The highest BCUT2D eigenvalue weighted by Crippen LogP contribution is 2.30. The van der Waals surface area contributed by atoms with Crippen LogP contribution in [0.2, 0.25) is 5.02 Å². The molecule has 108 valence electrons. The molecule has 2 rings (SSSR count). The lowest BCUT2D eigenvalue weighted by Crippen LogP contribution is -2.36. The van der Waals surface area contributed by atoms with Gasteiger partial charge in [0.15, 0.2) is 5.78 Å². The number of carbonyl (C=O) groups is 1. The van der Waals surface area contributed by atoms with E-state index in [4.69, 9.17) is 16.3 Å². The van der Waals surface area contributed by atoms with Gasteiger partial charge in [0.2, 0.25) is 0 Å². The number of aliphatic hydroxyl groups excluding tert-OH is 1. The first-order valence-electron chi connectivity index (χ1n) is 6.72. The van der Waals surface area contributed by atoms with Crippen LogP contribution in [-0.4, -0.2) is 23.1 Å². The molecule has 1 aliphatic heterocycles. The monoisotopic (exact) mass is 294 g/mol. The van der Waals surface area contributed by atoms with Gasteiger partial charge in [-0.05, 0) is 51.0 Å². The molecular formula is C16H19ClO3. The maximum Gasteiger partial charge on any atom is 0.162 e. The van der Waals surface area contributed by atoms with Gasteiger partial charge in [0.1, 0.15) is 5.76 Å². The van der Waals surface area contributed by atoms with Gasteiger partial charge in [0.25, 0.3) is 0 Å². The Balaban J connectivity index is 2.09. The van der Waals surface area contributed by atoms with Gasteiger partial charge < -0.3 is 9.84 Å². The van der Waals surface area contributed by atoms with Crippen LogP contribution in [0.4, 0.5) is 0 Å². The summed E-state index contributed by atoms with van der Waals surface area (Å²) in [6.45, 7) is 4.55. The van der Waals surface area contributed by atoms with Crippen LogP contribution in [0, 0.1) is 5.92 Å². The van der Waals surface area contributed by atoms with Gasteiger partial charge in [0, 0.05) is 29.2 Å². The predicted octanol–water partition coefficient (Wildman–Crippen LogP) is 4.01. The topological polar surface area (TPSA) is 46.5 Å². The molecular weight excluding hydrogens is 276 g/mol. The van der Waals surface area contributed by atoms with E-state index < -0.39 is 0 Å². The molecule has 0 aromatic heterocycles. The van der Waals surface area contributed by atoms with Crippen molar-refractivity contribution >= 4 is 23.1 Å². The quantitative estimate of drug-likeness (QED) is 0.677. The van der Waals surface area contributed by atoms with Crippen LogP contribution < -0.4 is 0 Å². The van der Waals surface area contributed by atoms with Crippen molar-refractivity contribution in [2.24, 2.45) is 5.92 Å². The number of benzene rings is 1. The van der Waals surface area contributed by atoms with Crippen LogP contribution in [0.5, 0.6) is 0 Å². The fraction of sp³-hybridized carbons (Fsp3) is 0.438. The first-order valence-corrected chi connectivity index (χ1v) is 7.09. The zero-order valence-corrected chi connectivity index (χ0v) is 12.5. The second kappa shape index (κ2) is 5.98. The van der Waals surface area contributed by atoms with Crippen molar-refractivity contribution in [1.82, 2.24) is 0 Å². The summed E-state index contributed by atoms with van der Waals surface area (Å²) in [7, 11) is 0. The van der Waals surface area contributed by atoms with E-state index in [9.17, 15) is 9.90 Å². The Morgan fingerprint density at radius 2 is 2.05 bits per heavy atom. The molecule has 1 N–H and O–H groups in total. The molecule has 20 heavy (non-hydrogen) atoms. The number of hydrogen-bond donors (Lipinski definition) is 1. The smallest absolute Gasteiger partial charge is 0.162 e. The molecule has 1 aliphatic rings. The normalized spacial score (nSPS) is 22.6. The van der Waals surface area contributed by atoms with E-state index in [1.807, 2.05) is 13.8 Å². The average molecular weight is 295 g/mol. The summed E-state index contributed by atoms with van der Waals surface area (Å²) in [5.74, 6) is -0.155. The summed E-state index contributed by atoms with van der Waals surface area (Å²) in [5.41, 5.74) is 0.316. The van der Waals surface area contributed by atoms with E-state index in [0.29, 0.717) is 30.0 Å². The molecule has 3 nitrogen and oxygen atoms in total. The summed E-state index contributed by atoms with van der Waals surface area (Å²) >= 11 is 5.79. The van der Waals surface area contributed by atoms with Gasteiger partial charge in [-0.15, -0.1) is 0 Å². The van der Waals surface area contributed by atoms with E-state index >= 15 is 0 Å². The lowest BCUT2D eigenvalue weighted by atomic mass is 9.85. The number of aliphatic hydroxyl groups is 1. The lowest BCUT2D eigenvalue weighted by molar-refractivity contribution is -0.128. The van der Waals surface area contributed by atoms with E-state index in [1.165, 1.54) is 6.08 Å². The summed E-state index contributed by atoms with van der Waals surface area (Å²) < 4.78 is 5.60. The van der Waals surface area contributed by atoms with Crippen LogP contribution in [0.3, 0.4) is 0 Å². The largest absolute Gasteiger partial charge is 0.507 e. The molecule has 1 aromatic rings. The Morgan fingerprint density at radius 1 is 1.40 bits per heavy atom. The second-order valence-corrected chi connectivity index (χ2v) is 6.17. The summed E-state index contributed by atoms with van der Waals surface area (Å²) in [5, 5.41) is 10.6. The van der Waals surface area contributed by atoms with Crippen molar-refractivity contribution in [3.8, 4) is 0 Å². The number of ketones is 1. The SMILES string of the molecule is CC1(C)CC(C(=O)C=C(O)c2ccc(Cl)cc2)CCO1. The van der Waals surface area contributed by atoms with Crippen molar-refractivity contribution in [3.05, 3.63) is 40.9 Å². The van der Waals surface area contributed by atoms with Crippen LogP contribution in [0.1, 0.15) is 32.3 Å². The highest BCUT2D eigenvalue weighted by molar-refractivity contribution is 6.30. The van der Waals surface area contributed by atoms with E-state index in [1.54, 1.807) is 24.3 Å². The maximum absolute atomic E-state index is 12.2. The summed E-state index contributed by atoms with van der Waals surface area (Å²) in [6.07, 6.45) is 2.69. The Labute approximate surface area is 124 Å². The van der Waals surface area contributed by atoms with Crippen molar-refractivity contribution in [3.63, 3.8) is 0 Å². The van der Waals surface area contributed by atoms with Crippen molar-refractivity contribution in [1.29, 1.82) is 0 Å². The van der Waals surface area contributed by atoms with Crippen LogP contribution in [0.25, 0.3) is 5.76 Å². The second-order valence-electron chi connectivity index (χ2n) is 5.74. The molecule has 1 unspecified atom stereocenters. The number of hydrogen-bond acceptors (Lipinski definition) is 3. The molecule has 0 radical (unpaired) electrons. The summed E-state index contributed by atoms with van der Waals surface area (Å²) in [6, 6.07) is 6.75. The Bertz CT molecular complexity index is 517. The van der Waals surface area contributed by atoms with Crippen molar-refractivity contribution in [2.45, 2.75) is 32.3 Å². The van der Waals surface area contributed by atoms with Gasteiger partial charge in [0.05, 0.1) is 5.60 Å². The number of ether oxygens (including phenoxy) is 1. The molecule has 1 atom stereocenters. The van der Waals surface area contributed by atoms with Gasteiger partial charge in [-0.3, -0.25) is 4.79 Å². The predicted molar refractivity (Wildman–Crippen MR) is 79.8 cm³/mol. The molecule has 0 bridgehead atoms. The molecule has 0 saturated carbocycles. The average Bonchev–Trinajstić information content (AvgIpc) is 2.38. The Morgan fingerprint density at radius 3 is 2.65 bits per heavy atom. The minimum atomic E-state index is -0.275. The highest BCUT2D eigenvalue weighted by Gasteiger charge is 2.32. The van der Waals surface area contributed by atoms with Gasteiger partial charge in [-0.25, -0.2) is 0 Å². The third-order valence-electron chi connectivity index (χ3n) is 3.52. The minimum absolute atomic E-state index is 0.0176. The first kappa shape index (κ1) is 15.1. The van der Waals surface area contributed by atoms with Crippen LogP contribution >= 0.6 is 11.6 Å². The molecule has 0 aliphatic carbocycles. The first-order chi connectivity index (χ1) is 9.37. The van der Waals surface area contributed by atoms with Gasteiger partial charge in [-0.1, -0.05) is 11.6 Å².